The summed E-state index contributed by atoms with van der Waals surface area (Å²) in [5.41, 5.74) is 15.9. The number of aliphatic hydroxyl groups excluding tert-OH is 1. The highest BCUT2D eigenvalue weighted by atomic mass is 16.6. The number of imidazole rings is 2. The van der Waals surface area contributed by atoms with Gasteiger partial charge in [-0.05, 0) is 64.1 Å². The van der Waals surface area contributed by atoms with Gasteiger partial charge in [-0.15, -0.1) is 0 Å². The molecule has 298 valence electrons. The van der Waals surface area contributed by atoms with Gasteiger partial charge in [0, 0.05) is 37.3 Å². The Morgan fingerprint density at radius 2 is 1.42 bits per heavy atom. The van der Waals surface area contributed by atoms with E-state index in [4.69, 9.17) is 35.6 Å². The Balaban J connectivity index is 1.28. The number of nitrogens with two attached hydrogens (primary N) is 2. The molecule has 0 radical (unpaired) electrons. The second-order valence-corrected chi connectivity index (χ2v) is 13.5. The number of ether oxygens (including phenoxy) is 3. The van der Waals surface area contributed by atoms with Crippen LogP contribution in [0.2, 0.25) is 0 Å². The number of carbonyl (C=O) groups is 3. The summed E-state index contributed by atoms with van der Waals surface area (Å²) in [6, 6.07) is 9.69. The largest absolute Gasteiger partial charge is 0.494 e. The van der Waals surface area contributed by atoms with Crippen LogP contribution in [0.4, 0.5) is 11.9 Å². The SMILES string of the molecule is CCn1nc(C)cc1C(=O)Nc1nc2cc(C(N)=O)cc(OC3COC3)c2n1C/C=C/Cn1c(NC(O)c2cc(C)nn2CC)nc2cc(C(N)=O)cc(OC)c21. The maximum absolute atomic E-state index is 13.7. The lowest BCUT2D eigenvalue weighted by Gasteiger charge is -2.27. The van der Waals surface area contributed by atoms with Gasteiger partial charge >= 0.3 is 0 Å². The Morgan fingerprint density at radius 3 is 2.00 bits per heavy atom. The predicted octanol–water partition coefficient (Wildman–Crippen LogP) is 3.03. The van der Waals surface area contributed by atoms with Gasteiger partial charge in [0.05, 0.1) is 48.4 Å². The zero-order valence-corrected chi connectivity index (χ0v) is 32.1. The summed E-state index contributed by atoms with van der Waals surface area (Å²) < 4.78 is 24.2. The number of methoxy groups -OCH3 is 1. The monoisotopic (exact) mass is 780 g/mol. The number of aliphatic hydroxyl groups is 1. The highest BCUT2D eigenvalue weighted by Crippen LogP contribution is 2.34. The molecule has 57 heavy (non-hydrogen) atoms. The summed E-state index contributed by atoms with van der Waals surface area (Å²) in [6.45, 7) is 9.61. The number of nitrogens with one attached hydrogen (secondary N) is 2. The number of amides is 3. The van der Waals surface area contributed by atoms with Crippen molar-refractivity contribution >= 4 is 51.7 Å². The predicted molar refractivity (Wildman–Crippen MR) is 209 cm³/mol. The van der Waals surface area contributed by atoms with Crippen molar-refractivity contribution in [2.24, 2.45) is 11.5 Å². The Bertz CT molecular complexity index is 2540. The molecule has 1 atom stereocenters. The fraction of sp³-hybridized carbons (Fsp3) is 0.342. The summed E-state index contributed by atoms with van der Waals surface area (Å²) >= 11 is 0. The minimum Gasteiger partial charge on any atom is -0.494 e. The standard InChI is InChI=1S/C38H44N12O7/c1-6-49-27(12-20(3)45-49)35(53)43-37-41-25-14-22(33(39)51)16-29(55-5)31(25)47(37)10-8-9-11-48-32-26(15-23(34(40)52)17-30(32)57-24-18-56-19-24)42-38(48)44-36(54)28-13-21(4)46-50(28)7-2/h8-9,12-17,24,35,53H,6-7,10-11,18-19H2,1-5H3,(H2,39,51)(H2,40,52)(H,41,43)(H,42,44,54)/b9-8+. The number of carbonyl (C=O) groups excluding carboxylic acids is 3. The van der Waals surface area contributed by atoms with E-state index in [1.54, 1.807) is 55.8 Å². The quantitative estimate of drug-likeness (QED) is 0.0703. The highest BCUT2D eigenvalue weighted by molar-refractivity contribution is 6.04. The normalized spacial score (nSPS) is 13.6. The van der Waals surface area contributed by atoms with Crippen molar-refractivity contribution in [3.05, 3.63) is 82.5 Å². The van der Waals surface area contributed by atoms with E-state index >= 15 is 0 Å². The van der Waals surface area contributed by atoms with Crippen molar-refractivity contribution < 1.29 is 33.7 Å². The van der Waals surface area contributed by atoms with E-state index in [1.807, 2.05) is 32.9 Å². The molecule has 1 aliphatic rings. The molecule has 4 aromatic heterocycles. The second-order valence-electron chi connectivity index (χ2n) is 13.5. The molecule has 2 aromatic carbocycles. The van der Waals surface area contributed by atoms with Crippen LogP contribution in [0.5, 0.6) is 11.5 Å². The van der Waals surface area contributed by atoms with Gasteiger partial charge in [0.2, 0.25) is 23.7 Å². The number of fused-ring (bicyclic) bond motifs is 2. The van der Waals surface area contributed by atoms with Gasteiger partial charge in [-0.1, -0.05) is 12.2 Å². The van der Waals surface area contributed by atoms with E-state index < -0.39 is 23.9 Å². The average molecular weight is 781 g/mol. The lowest BCUT2D eigenvalue weighted by Crippen LogP contribution is -2.38. The molecule has 3 amide bonds. The molecule has 6 aromatic rings. The first-order chi connectivity index (χ1) is 27.4. The number of hydrogen-bond acceptors (Lipinski definition) is 12. The average Bonchev–Trinajstić information content (AvgIpc) is 3.93. The van der Waals surface area contributed by atoms with Gasteiger partial charge in [-0.2, -0.15) is 10.2 Å². The smallest absolute Gasteiger partial charge is 0.276 e. The lowest BCUT2D eigenvalue weighted by molar-refractivity contribution is -0.0792. The molecule has 0 saturated carbocycles. The third-order valence-electron chi connectivity index (χ3n) is 9.48. The maximum atomic E-state index is 13.7. The van der Waals surface area contributed by atoms with E-state index in [-0.39, 0.29) is 42.2 Å². The third-order valence-corrected chi connectivity index (χ3v) is 9.48. The topological polar surface area (TPSA) is 247 Å². The van der Waals surface area contributed by atoms with Crippen molar-refractivity contribution in [3.8, 4) is 11.5 Å². The molecule has 1 fully saturated rings. The zero-order chi connectivity index (χ0) is 40.5. The molecule has 0 spiro atoms. The minimum atomic E-state index is -1.19. The van der Waals surface area contributed by atoms with E-state index in [2.05, 4.69) is 20.8 Å². The molecule has 7 rings (SSSR count). The number of anilines is 2. The number of benzene rings is 2. The number of primary amides is 2. The van der Waals surface area contributed by atoms with Crippen molar-refractivity contribution in [2.75, 3.05) is 31.0 Å². The molecule has 5 heterocycles. The molecule has 1 saturated heterocycles. The van der Waals surface area contributed by atoms with Crippen LogP contribution in [0.15, 0.2) is 48.6 Å². The van der Waals surface area contributed by atoms with Crippen LogP contribution >= 0.6 is 0 Å². The van der Waals surface area contributed by atoms with Gasteiger partial charge in [0.15, 0.2) is 6.23 Å². The molecule has 19 heteroatoms. The number of rotatable bonds is 16. The Hall–Kier alpha value is -6.73. The van der Waals surface area contributed by atoms with Crippen LogP contribution in [0.1, 0.15) is 68.4 Å². The highest BCUT2D eigenvalue weighted by Gasteiger charge is 2.26. The van der Waals surface area contributed by atoms with Crippen molar-refractivity contribution in [2.45, 2.75) is 66.2 Å². The fourth-order valence-electron chi connectivity index (χ4n) is 6.74. The van der Waals surface area contributed by atoms with Gasteiger partial charge in [-0.25, -0.2) is 9.97 Å². The summed E-state index contributed by atoms with van der Waals surface area (Å²) in [7, 11) is 1.48. The number of hydrogen-bond donors (Lipinski definition) is 5. The molecule has 0 aliphatic carbocycles. The maximum Gasteiger partial charge on any atom is 0.276 e. The van der Waals surface area contributed by atoms with Gasteiger partial charge in [0.25, 0.3) is 5.91 Å². The van der Waals surface area contributed by atoms with Crippen molar-refractivity contribution in [1.82, 2.24) is 38.7 Å². The van der Waals surface area contributed by atoms with Gasteiger partial charge < -0.3 is 45.2 Å². The molecule has 1 aliphatic heterocycles. The number of aromatic nitrogens is 8. The van der Waals surface area contributed by atoms with Gasteiger partial charge in [0.1, 0.15) is 34.3 Å². The molecule has 1 unspecified atom stereocenters. The van der Waals surface area contributed by atoms with Crippen LogP contribution in [0.25, 0.3) is 22.1 Å². The van der Waals surface area contributed by atoms with Crippen LogP contribution in [0, 0.1) is 13.8 Å². The van der Waals surface area contributed by atoms with Crippen LogP contribution in [-0.2, 0) is 30.9 Å². The summed E-state index contributed by atoms with van der Waals surface area (Å²) in [5, 5.41) is 26.2. The Morgan fingerprint density at radius 1 is 0.860 bits per heavy atom. The van der Waals surface area contributed by atoms with E-state index in [0.29, 0.717) is 77.0 Å². The zero-order valence-electron chi connectivity index (χ0n) is 32.1. The first kappa shape index (κ1) is 38.5. The van der Waals surface area contributed by atoms with Crippen molar-refractivity contribution in [3.63, 3.8) is 0 Å². The van der Waals surface area contributed by atoms with E-state index in [1.165, 1.54) is 13.2 Å². The molecule has 7 N–H and O–H groups in total. The number of aryl methyl sites for hydroxylation is 4. The summed E-state index contributed by atoms with van der Waals surface area (Å²) in [5.74, 6) is -0.568. The van der Waals surface area contributed by atoms with E-state index in [9.17, 15) is 19.5 Å². The molecule has 0 bridgehead atoms. The molecular formula is C38H44N12O7. The first-order valence-electron chi connectivity index (χ1n) is 18.3. The fourth-order valence-corrected chi connectivity index (χ4v) is 6.74. The second kappa shape index (κ2) is 15.8. The van der Waals surface area contributed by atoms with Crippen LogP contribution < -0.4 is 31.6 Å². The Kier molecular flexibility index (Phi) is 10.7. The third kappa shape index (κ3) is 7.61. The first-order valence-corrected chi connectivity index (χ1v) is 18.3. The van der Waals surface area contributed by atoms with Crippen LogP contribution in [-0.4, -0.2) is 87.9 Å². The van der Waals surface area contributed by atoms with E-state index in [0.717, 1.165) is 5.69 Å². The Labute approximate surface area is 326 Å². The van der Waals surface area contributed by atoms with Gasteiger partial charge in [-0.3, -0.25) is 29.1 Å². The summed E-state index contributed by atoms with van der Waals surface area (Å²) in [4.78, 5) is 47.7. The number of allylic oxidation sites excluding steroid dienone is 2. The summed E-state index contributed by atoms with van der Waals surface area (Å²) in [6.07, 6.45) is 2.29. The lowest BCUT2D eigenvalue weighted by atomic mass is 10.1. The van der Waals surface area contributed by atoms with Crippen LogP contribution in [0.3, 0.4) is 0 Å². The van der Waals surface area contributed by atoms with Crippen molar-refractivity contribution in [1.29, 1.82) is 0 Å². The molecular weight excluding hydrogens is 736 g/mol. The molecule has 19 nitrogen and oxygen atoms in total. The minimum absolute atomic E-state index is 0.182. The number of nitrogens with zero attached hydrogens (tertiary/aromatic N) is 8.